The van der Waals surface area contributed by atoms with E-state index in [0.717, 1.165) is 24.0 Å². The van der Waals surface area contributed by atoms with Crippen molar-refractivity contribution < 1.29 is 8.42 Å². The van der Waals surface area contributed by atoms with Gasteiger partial charge in [-0.05, 0) is 62.8 Å². The van der Waals surface area contributed by atoms with Crippen molar-refractivity contribution in [3.63, 3.8) is 0 Å². The molecule has 0 amide bonds. The third-order valence-corrected chi connectivity index (χ3v) is 6.66. The van der Waals surface area contributed by atoms with E-state index in [1.54, 1.807) is 16.4 Å². The maximum Gasteiger partial charge on any atom is 0.243 e. The van der Waals surface area contributed by atoms with Crippen molar-refractivity contribution in [3.05, 3.63) is 23.3 Å². The van der Waals surface area contributed by atoms with E-state index in [-0.39, 0.29) is 6.04 Å². The van der Waals surface area contributed by atoms with Crippen LogP contribution in [0, 0.1) is 19.8 Å². The van der Waals surface area contributed by atoms with Gasteiger partial charge in [-0.25, -0.2) is 8.42 Å². The summed E-state index contributed by atoms with van der Waals surface area (Å²) in [5.74, 6) is 0.396. The normalized spacial score (nSPS) is 24.8. The molecular weight excluding hydrogens is 272 g/mol. The standard InChI is InChI=1S/C15H24N2O2S/c1-10-6-5-7-17(13(10)4)20(18,19)15-11(2)8-14(16)9-12(15)3/h8-10,13H,5-7,16H2,1-4H3. The first kappa shape index (κ1) is 15.3. The van der Waals surface area contributed by atoms with Crippen molar-refractivity contribution in [2.24, 2.45) is 5.92 Å². The number of hydrogen-bond acceptors (Lipinski definition) is 3. The molecule has 1 aromatic rings. The molecule has 1 aliphatic heterocycles. The minimum Gasteiger partial charge on any atom is -0.399 e. The number of benzene rings is 1. The maximum absolute atomic E-state index is 13.0. The summed E-state index contributed by atoms with van der Waals surface area (Å²) in [6.45, 7) is 8.36. The van der Waals surface area contributed by atoms with Gasteiger partial charge in [0.15, 0.2) is 0 Å². The van der Waals surface area contributed by atoms with Crippen LogP contribution in [0.1, 0.15) is 37.8 Å². The molecule has 0 radical (unpaired) electrons. The van der Waals surface area contributed by atoms with E-state index in [1.165, 1.54) is 0 Å². The van der Waals surface area contributed by atoms with E-state index in [1.807, 2.05) is 20.8 Å². The molecule has 0 aromatic heterocycles. The molecule has 1 heterocycles. The number of hydrogen-bond donors (Lipinski definition) is 1. The first-order valence-corrected chi connectivity index (χ1v) is 8.57. The molecule has 1 aliphatic rings. The first-order valence-electron chi connectivity index (χ1n) is 7.13. The van der Waals surface area contributed by atoms with Crippen molar-refractivity contribution in [3.8, 4) is 0 Å². The Kier molecular flexibility index (Phi) is 4.12. The largest absolute Gasteiger partial charge is 0.399 e. The lowest BCUT2D eigenvalue weighted by Crippen LogP contribution is -2.46. The fourth-order valence-electron chi connectivity index (χ4n) is 3.14. The average molecular weight is 296 g/mol. The molecule has 2 N–H and O–H groups in total. The Morgan fingerprint density at radius 1 is 1.20 bits per heavy atom. The van der Waals surface area contributed by atoms with Gasteiger partial charge in [-0.15, -0.1) is 0 Å². The molecule has 2 rings (SSSR count). The smallest absolute Gasteiger partial charge is 0.243 e. The quantitative estimate of drug-likeness (QED) is 0.853. The van der Waals surface area contributed by atoms with Crippen molar-refractivity contribution in [2.45, 2.75) is 51.5 Å². The highest BCUT2D eigenvalue weighted by atomic mass is 32.2. The molecule has 0 saturated carbocycles. The van der Waals surface area contributed by atoms with E-state index in [9.17, 15) is 8.42 Å². The van der Waals surface area contributed by atoms with Gasteiger partial charge in [0, 0.05) is 18.3 Å². The van der Waals surface area contributed by atoms with Crippen LogP contribution in [-0.2, 0) is 10.0 Å². The molecule has 1 aromatic carbocycles. The van der Waals surface area contributed by atoms with Crippen molar-refractivity contribution in [1.82, 2.24) is 4.31 Å². The second-order valence-corrected chi connectivity index (χ2v) is 7.79. The predicted molar refractivity (Wildman–Crippen MR) is 82.1 cm³/mol. The lowest BCUT2D eigenvalue weighted by molar-refractivity contribution is 0.202. The number of nitrogens with two attached hydrogens (primary N) is 1. The Bertz CT molecular complexity index is 587. The van der Waals surface area contributed by atoms with Gasteiger partial charge >= 0.3 is 0 Å². The molecule has 0 spiro atoms. The minimum absolute atomic E-state index is 0.0464. The summed E-state index contributed by atoms with van der Waals surface area (Å²) in [4.78, 5) is 0.424. The topological polar surface area (TPSA) is 63.4 Å². The molecule has 5 heteroatoms. The summed E-state index contributed by atoms with van der Waals surface area (Å²) in [5, 5.41) is 0. The highest BCUT2D eigenvalue weighted by Crippen LogP contribution is 2.32. The van der Waals surface area contributed by atoms with Crippen LogP contribution in [0.3, 0.4) is 0 Å². The van der Waals surface area contributed by atoms with Gasteiger partial charge in [0.05, 0.1) is 4.90 Å². The van der Waals surface area contributed by atoms with Gasteiger partial charge in [0.2, 0.25) is 10.0 Å². The van der Waals surface area contributed by atoms with Crippen LogP contribution in [0.4, 0.5) is 5.69 Å². The lowest BCUT2D eigenvalue weighted by Gasteiger charge is -2.37. The average Bonchev–Trinajstić information content (AvgIpc) is 2.30. The Balaban J connectivity index is 2.50. The van der Waals surface area contributed by atoms with Crippen molar-refractivity contribution in [2.75, 3.05) is 12.3 Å². The second-order valence-electron chi connectivity index (χ2n) is 5.96. The summed E-state index contributed by atoms with van der Waals surface area (Å²) >= 11 is 0. The first-order chi connectivity index (χ1) is 9.25. The van der Waals surface area contributed by atoms with Crippen molar-refractivity contribution >= 4 is 15.7 Å². The molecule has 0 aliphatic carbocycles. The Labute approximate surface area is 122 Å². The molecule has 4 nitrogen and oxygen atoms in total. The van der Waals surface area contributed by atoms with E-state index in [4.69, 9.17) is 5.73 Å². The Hall–Kier alpha value is -1.07. The van der Waals surface area contributed by atoms with E-state index in [2.05, 4.69) is 6.92 Å². The zero-order chi connectivity index (χ0) is 15.1. The van der Waals surface area contributed by atoms with Crippen LogP contribution in [-0.4, -0.2) is 25.3 Å². The summed E-state index contributed by atoms with van der Waals surface area (Å²) in [7, 11) is -3.44. The lowest BCUT2D eigenvalue weighted by atomic mass is 9.94. The molecular formula is C15H24N2O2S. The van der Waals surface area contributed by atoms with Crippen LogP contribution < -0.4 is 5.73 Å². The molecule has 2 atom stereocenters. The van der Waals surface area contributed by atoms with E-state index in [0.29, 0.717) is 23.0 Å². The highest BCUT2D eigenvalue weighted by molar-refractivity contribution is 7.89. The highest BCUT2D eigenvalue weighted by Gasteiger charge is 2.36. The zero-order valence-corrected chi connectivity index (χ0v) is 13.5. The molecule has 2 unspecified atom stereocenters. The van der Waals surface area contributed by atoms with E-state index >= 15 is 0 Å². The van der Waals surface area contributed by atoms with Crippen LogP contribution in [0.15, 0.2) is 17.0 Å². The number of aryl methyl sites for hydroxylation is 2. The minimum atomic E-state index is -3.44. The van der Waals surface area contributed by atoms with Gasteiger partial charge in [-0.2, -0.15) is 4.31 Å². The van der Waals surface area contributed by atoms with Crippen LogP contribution in [0.5, 0.6) is 0 Å². The number of piperidine rings is 1. The number of nitrogens with zero attached hydrogens (tertiary/aromatic N) is 1. The molecule has 20 heavy (non-hydrogen) atoms. The number of nitrogen functional groups attached to an aromatic ring is 1. The van der Waals surface area contributed by atoms with Gasteiger partial charge in [0.25, 0.3) is 0 Å². The summed E-state index contributed by atoms with van der Waals surface area (Å²) in [6, 6.07) is 3.51. The summed E-state index contributed by atoms with van der Waals surface area (Å²) < 4.78 is 27.6. The Morgan fingerprint density at radius 2 is 1.75 bits per heavy atom. The third-order valence-electron chi connectivity index (χ3n) is 4.37. The van der Waals surface area contributed by atoms with Crippen LogP contribution in [0.25, 0.3) is 0 Å². The Morgan fingerprint density at radius 3 is 2.30 bits per heavy atom. The zero-order valence-electron chi connectivity index (χ0n) is 12.7. The summed E-state index contributed by atoms with van der Waals surface area (Å²) in [5.41, 5.74) is 7.86. The van der Waals surface area contributed by atoms with Crippen LogP contribution >= 0.6 is 0 Å². The fourth-order valence-corrected chi connectivity index (χ4v) is 5.33. The van der Waals surface area contributed by atoms with Gasteiger partial charge < -0.3 is 5.73 Å². The SMILES string of the molecule is Cc1cc(N)cc(C)c1S(=O)(=O)N1CCCC(C)C1C. The van der Waals surface area contributed by atoms with Crippen molar-refractivity contribution in [1.29, 1.82) is 0 Å². The third kappa shape index (κ3) is 2.56. The molecule has 1 saturated heterocycles. The maximum atomic E-state index is 13.0. The van der Waals surface area contributed by atoms with Crippen LogP contribution in [0.2, 0.25) is 0 Å². The summed E-state index contributed by atoms with van der Waals surface area (Å²) in [6.07, 6.45) is 2.02. The molecule has 112 valence electrons. The number of sulfonamides is 1. The van der Waals surface area contributed by atoms with Gasteiger partial charge in [-0.1, -0.05) is 6.92 Å². The van der Waals surface area contributed by atoms with Gasteiger partial charge in [0.1, 0.15) is 0 Å². The second kappa shape index (κ2) is 5.37. The monoisotopic (exact) mass is 296 g/mol. The molecule has 1 fully saturated rings. The predicted octanol–water partition coefficient (Wildman–Crippen LogP) is 2.69. The number of rotatable bonds is 2. The fraction of sp³-hybridized carbons (Fsp3) is 0.600. The number of anilines is 1. The molecule has 0 bridgehead atoms. The van der Waals surface area contributed by atoms with E-state index < -0.39 is 10.0 Å². The van der Waals surface area contributed by atoms with Gasteiger partial charge in [-0.3, -0.25) is 0 Å².